The fourth-order valence-electron chi connectivity index (χ4n) is 1.84. The molecule has 0 unspecified atom stereocenters. The fraction of sp³-hybridized carbons (Fsp3) is 0.333. The van der Waals surface area contributed by atoms with Gasteiger partial charge < -0.3 is 0 Å². The van der Waals surface area contributed by atoms with Crippen molar-refractivity contribution in [2.45, 2.75) is 55.4 Å². The van der Waals surface area contributed by atoms with Crippen LogP contribution in [0.25, 0.3) is 0 Å². The fourth-order valence-corrected chi connectivity index (χ4v) is 1.84. The Bertz CT molecular complexity index is 756. The molecule has 0 amide bonds. The lowest BCUT2D eigenvalue weighted by molar-refractivity contribution is 0.941. The van der Waals surface area contributed by atoms with Gasteiger partial charge >= 0.3 is 0 Å². The molecule has 0 aliphatic rings. The molecule has 8 heteroatoms. The molecule has 4 aromatic heterocycles. The molecule has 0 atom stereocenters. The van der Waals surface area contributed by atoms with E-state index in [9.17, 15) is 0 Å². The van der Waals surface area contributed by atoms with Gasteiger partial charge in [0.15, 0.2) is 0 Å². The minimum Gasteiger partial charge on any atom is -0.258 e. The second kappa shape index (κ2) is 14.3. The van der Waals surface area contributed by atoms with Crippen LogP contribution in [0.5, 0.6) is 0 Å². The van der Waals surface area contributed by atoms with Gasteiger partial charge in [-0.1, -0.05) is 0 Å². The highest BCUT2D eigenvalue weighted by Crippen LogP contribution is 1.91. The van der Waals surface area contributed by atoms with Gasteiger partial charge in [-0.15, -0.1) is 0 Å². The average Bonchev–Trinajstić information content (AvgIpc) is 2.78. The van der Waals surface area contributed by atoms with Crippen molar-refractivity contribution < 1.29 is 0 Å². The van der Waals surface area contributed by atoms with Crippen LogP contribution in [0.2, 0.25) is 0 Å². The van der Waals surface area contributed by atoms with Crippen LogP contribution in [0.4, 0.5) is 0 Å². The molecule has 0 radical (unpaired) electrons. The van der Waals surface area contributed by atoms with Gasteiger partial charge in [0.1, 0.15) is 11.6 Å². The van der Waals surface area contributed by atoms with Crippen LogP contribution in [0.15, 0.2) is 49.3 Å². The van der Waals surface area contributed by atoms with Crippen LogP contribution < -0.4 is 0 Å². The summed E-state index contributed by atoms with van der Waals surface area (Å²) in [5, 5.41) is 7.66. The summed E-state index contributed by atoms with van der Waals surface area (Å²) in [7, 11) is 0. The largest absolute Gasteiger partial charge is 0.258 e. The van der Waals surface area contributed by atoms with Crippen LogP contribution in [-0.4, -0.2) is 40.1 Å². The van der Waals surface area contributed by atoms with E-state index in [2.05, 4.69) is 40.1 Å². The molecule has 0 N–H and O–H groups in total. The third-order valence-electron chi connectivity index (χ3n) is 3.66. The maximum atomic E-state index is 4.02. The van der Waals surface area contributed by atoms with E-state index in [0.717, 1.165) is 45.6 Å². The van der Waals surface area contributed by atoms with Gasteiger partial charge in [-0.3, -0.25) is 9.97 Å². The molecule has 0 bridgehead atoms. The first-order chi connectivity index (χ1) is 15.2. The number of aryl methyl sites for hydroxylation is 8. The van der Waals surface area contributed by atoms with E-state index < -0.39 is 0 Å². The van der Waals surface area contributed by atoms with Crippen molar-refractivity contribution in [3.05, 3.63) is 94.9 Å². The van der Waals surface area contributed by atoms with Crippen molar-refractivity contribution in [3.63, 3.8) is 0 Å². The zero-order chi connectivity index (χ0) is 23.9. The lowest BCUT2D eigenvalue weighted by atomic mass is 10.4. The maximum Gasteiger partial charge on any atom is 0.125 e. The van der Waals surface area contributed by atoms with E-state index in [0.29, 0.717) is 0 Å². The van der Waals surface area contributed by atoms with Crippen molar-refractivity contribution >= 4 is 0 Å². The van der Waals surface area contributed by atoms with Crippen molar-refractivity contribution in [1.29, 1.82) is 0 Å². The molecule has 168 valence electrons. The maximum absolute atomic E-state index is 4.02. The zero-order valence-corrected chi connectivity index (χ0v) is 20.2. The quantitative estimate of drug-likeness (QED) is 0.403. The Kier molecular flexibility index (Phi) is 11.8. The standard InChI is InChI=1S/4C6H8N2/c1-5-3-8-6(2)4-7-5;2*1-5-3-7-6(2)8-4-5;1-5-3-4-6(2)8-7-5/h4*3-4H,1-2H3. The highest BCUT2D eigenvalue weighted by molar-refractivity contribution is 5.03. The Morgan fingerprint density at radius 2 is 0.688 bits per heavy atom. The minimum atomic E-state index is 0.829. The van der Waals surface area contributed by atoms with Gasteiger partial charge in [0, 0.05) is 37.2 Å². The van der Waals surface area contributed by atoms with E-state index in [1.54, 1.807) is 12.4 Å². The summed E-state index contributed by atoms with van der Waals surface area (Å²) in [6, 6.07) is 3.89. The van der Waals surface area contributed by atoms with Crippen LogP contribution in [0.1, 0.15) is 45.6 Å². The van der Waals surface area contributed by atoms with Crippen molar-refractivity contribution in [2.24, 2.45) is 0 Å². The van der Waals surface area contributed by atoms with Crippen molar-refractivity contribution in [1.82, 2.24) is 40.1 Å². The van der Waals surface area contributed by atoms with E-state index in [-0.39, 0.29) is 0 Å². The predicted octanol–water partition coefficient (Wildman–Crippen LogP) is 4.37. The van der Waals surface area contributed by atoms with Gasteiger partial charge in [-0.25, -0.2) is 19.9 Å². The number of aromatic nitrogens is 8. The first-order valence-electron chi connectivity index (χ1n) is 10.2. The normalized spacial score (nSPS) is 9.25. The van der Waals surface area contributed by atoms with Crippen molar-refractivity contribution in [3.8, 4) is 0 Å². The molecule has 32 heavy (non-hydrogen) atoms. The molecule has 0 saturated heterocycles. The Hall–Kier alpha value is -3.68. The summed E-state index contributed by atoms with van der Waals surface area (Å²) in [6.07, 6.45) is 10.8. The summed E-state index contributed by atoms with van der Waals surface area (Å²) in [5.41, 5.74) is 6.09. The first-order valence-corrected chi connectivity index (χ1v) is 10.2. The highest BCUT2D eigenvalue weighted by Gasteiger charge is 1.84. The van der Waals surface area contributed by atoms with E-state index in [1.807, 2.05) is 92.3 Å². The smallest absolute Gasteiger partial charge is 0.125 e. The molecule has 0 saturated carbocycles. The third-order valence-corrected chi connectivity index (χ3v) is 3.66. The Labute approximate surface area is 190 Å². The molecule has 4 heterocycles. The second-order valence-corrected chi connectivity index (χ2v) is 7.23. The highest BCUT2D eigenvalue weighted by atomic mass is 15.1. The SMILES string of the molecule is Cc1ccc(C)nn1.Cc1cnc(C)cn1.Cc1cnc(C)nc1.Cc1cnc(C)nc1. The summed E-state index contributed by atoms with van der Waals surface area (Å²) in [5.74, 6) is 1.66. The van der Waals surface area contributed by atoms with Gasteiger partial charge in [0.25, 0.3) is 0 Å². The predicted molar refractivity (Wildman–Crippen MR) is 126 cm³/mol. The monoisotopic (exact) mass is 432 g/mol. The van der Waals surface area contributed by atoms with Crippen LogP contribution in [0.3, 0.4) is 0 Å². The second-order valence-electron chi connectivity index (χ2n) is 7.23. The molecule has 0 aliphatic heterocycles. The molecule has 0 aromatic carbocycles. The number of hydrogen-bond acceptors (Lipinski definition) is 8. The Morgan fingerprint density at radius 1 is 0.375 bits per heavy atom. The number of hydrogen-bond donors (Lipinski definition) is 0. The van der Waals surface area contributed by atoms with Gasteiger partial charge in [0.05, 0.1) is 22.8 Å². The van der Waals surface area contributed by atoms with E-state index in [4.69, 9.17) is 0 Å². The van der Waals surface area contributed by atoms with E-state index in [1.165, 1.54) is 0 Å². The lowest BCUT2D eigenvalue weighted by Crippen LogP contribution is -1.86. The molecular weight excluding hydrogens is 400 g/mol. The molecule has 4 aromatic rings. The molecule has 0 aliphatic carbocycles. The topological polar surface area (TPSA) is 103 Å². The Balaban J connectivity index is 0.000000213. The molecule has 0 spiro atoms. The number of nitrogens with zero attached hydrogens (tertiary/aromatic N) is 8. The molecule has 8 nitrogen and oxygen atoms in total. The molecule has 4 rings (SSSR count). The molecule has 0 fully saturated rings. The van der Waals surface area contributed by atoms with Crippen LogP contribution >= 0.6 is 0 Å². The summed E-state index contributed by atoms with van der Waals surface area (Å²) in [6.45, 7) is 15.4. The van der Waals surface area contributed by atoms with Gasteiger partial charge in [0.2, 0.25) is 0 Å². The average molecular weight is 433 g/mol. The number of rotatable bonds is 0. The van der Waals surface area contributed by atoms with Crippen molar-refractivity contribution in [2.75, 3.05) is 0 Å². The molecular formula is C24H32N8. The Morgan fingerprint density at radius 3 is 0.906 bits per heavy atom. The summed E-state index contributed by atoms with van der Waals surface area (Å²) in [4.78, 5) is 23.9. The first kappa shape index (κ1) is 26.4. The summed E-state index contributed by atoms with van der Waals surface area (Å²) < 4.78 is 0. The van der Waals surface area contributed by atoms with Gasteiger partial charge in [-0.2, -0.15) is 10.2 Å². The minimum absolute atomic E-state index is 0.829. The van der Waals surface area contributed by atoms with Crippen LogP contribution in [-0.2, 0) is 0 Å². The van der Waals surface area contributed by atoms with Crippen LogP contribution in [0, 0.1) is 55.4 Å². The lowest BCUT2D eigenvalue weighted by Gasteiger charge is -1.88. The third kappa shape index (κ3) is 12.8. The summed E-state index contributed by atoms with van der Waals surface area (Å²) >= 11 is 0. The zero-order valence-electron chi connectivity index (χ0n) is 20.2. The van der Waals surface area contributed by atoms with Gasteiger partial charge in [-0.05, 0) is 78.6 Å². The van der Waals surface area contributed by atoms with E-state index >= 15 is 0 Å².